The van der Waals surface area contributed by atoms with Crippen molar-refractivity contribution in [1.82, 2.24) is 4.90 Å². The highest BCUT2D eigenvalue weighted by molar-refractivity contribution is 7.92. The third-order valence-corrected chi connectivity index (χ3v) is 4.88. The van der Waals surface area contributed by atoms with Crippen LogP contribution in [0.2, 0.25) is 0 Å². The molecule has 1 aliphatic carbocycles. The maximum atomic E-state index is 12.1. The molecule has 0 heterocycles. The van der Waals surface area contributed by atoms with Gasteiger partial charge in [-0.1, -0.05) is 0 Å². The zero-order chi connectivity index (χ0) is 13.1. The van der Waals surface area contributed by atoms with Gasteiger partial charge in [-0.2, -0.15) is 0 Å². The van der Waals surface area contributed by atoms with Gasteiger partial charge >= 0.3 is 0 Å². The topological polar surface area (TPSA) is 80.5 Å². The van der Waals surface area contributed by atoms with Crippen molar-refractivity contribution in [3.05, 3.63) is 0 Å². The number of nitrogens with zero attached hydrogens (tertiary/aromatic N) is 1. The van der Waals surface area contributed by atoms with Crippen LogP contribution in [0.25, 0.3) is 0 Å². The summed E-state index contributed by atoms with van der Waals surface area (Å²) in [7, 11) is -3.31. The molecular formula is C11H22N2O3S. The molecule has 1 aliphatic rings. The summed E-state index contributed by atoms with van der Waals surface area (Å²) < 4.78 is 22.8. The largest absolute Gasteiger partial charge is 0.339 e. The van der Waals surface area contributed by atoms with Gasteiger partial charge in [-0.15, -0.1) is 0 Å². The van der Waals surface area contributed by atoms with Crippen molar-refractivity contribution in [2.75, 3.05) is 19.3 Å². The molecule has 1 saturated carbocycles. The van der Waals surface area contributed by atoms with Gasteiger partial charge in [0, 0.05) is 18.8 Å². The predicted octanol–water partition coefficient (Wildman–Crippen LogP) is 0.149. The lowest BCUT2D eigenvalue weighted by Crippen LogP contribution is -2.50. The van der Waals surface area contributed by atoms with Gasteiger partial charge < -0.3 is 10.6 Å². The number of sulfone groups is 1. The Morgan fingerprint density at radius 3 is 2.41 bits per heavy atom. The van der Waals surface area contributed by atoms with E-state index in [9.17, 15) is 13.2 Å². The normalized spacial score (nSPS) is 18.5. The van der Waals surface area contributed by atoms with Gasteiger partial charge in [0.15, 0.2) is 9.84 Å². The van der Waals surface area contributed by atoms with Crippen LogP contribution in [0.5, 0.6) is 0 Å². The summed E-state index contributed by atoms with van der Waals surface area (Å²) in [6.45, 7) is 2.55. The molecule has 1 amide bonds. The third-order valence-electron chi connectivity index (χ3n) is 3.39. The highest BCUT2D eigenvalue weighted by Gasteiger charge is 2.34. The number of amides is 1. The van der Waals surface area contributed by atoms with Crippen LogP contribution >= 0.6 is 0 Å². The highest BCUT2D eigenvalue weighted by Crippen LogP contribution is 2.26. The van der Waals surface area contributed by atoms with Gasteiger partial charge in [-0.25, -0.2) is 8.42 Å². The van der Waals surface area contributed by atoms with Crippen molar-refractivity contribution in [3.63, 3.8) is 0 Å². The van der Waals surface area contributed by atoms with Crippen LogP contribution in [0.3, 0.4) is 0 Å². The smallest absolute Gasteiger partial charge is 0.240 e. The molecule has 17 heavy (non-hydrogen) atoms. The van der Waals surface area contributed by atoms with Crippen molar-refractivity contribution >= 4 is 15.7 Å². The summed E-state index contributed by atoms with van der Waals surface area (Å²) in [5, 5.41) is -0.944. The maximum Gasteiger partial charge on any atom is 0.240 e. The zero-order valence-corrected chi connectivity index (χ0v) is 11.4. The van der Waals surface area contributed by atoms with Gasteiger partial charge in [0.2, 0.25) is 5.91 Å². The van der Waals surface area contributed by atoms with E-state index in [2.05, 4.69) is 0 Å². The first-order valence-electron chi connectivity index (χ1n) is 6.07. The zero-order valence-electron chi connectivity index (χ0n) is 10.6. The van der Waals surface area contributed by atoms with Crippen LogP contribution in [-0.2, 0) is 14.6 Å². The average molecular weight is 262 g/mol. The van der Waals surface area contributed by atoms with Crippen molar-refractivity contribution in [2.24, 2.45) is 5.73 Å². The minimum Gasteiger partial charge on any atom is -0.339 e. The number of hydrogen-bond donors (Lipinski definition) is 1. The molecule has 1 unspecified atom stereocenters. The molecular weight excluding hydrogens is 240 g/mol. The molecule has 0 saturated heterocycles. The summed E-state index contributed by atoms with van der Waals surface area (Å²) in [5.74, 6) is -0.273. The molecule has 1 rings (SSSR count). The second kappa shape index (κ2) is 5.82. The Labute approximate surface area is 103 Å². The molecule has 0 aromatic heterocycles. The van der Waals surface area contributed by atoms with Crippen LogP contribution in [-0.4, -0.2) is 49.9 Å². The number of carbonyl (C=O) groups is 1. The van der Waals surface area contributed by atoms with Crippen LogP contribution < -0.4 is 5.73 Å². The maximum absolute atomic E-state index is 12.1. The van der Waals surface area contributed by atoms with E-state index in [1.807, 2.05) is 0 Å². The summed E-state index contributed by atoms with van der Waals surface area (Å²) in [5.41, 5.74) is 5.44. The molecule has 0 bridgehead atoms. The molecule has 6 heteroatoms. The van der Waals surface area contributed by atoms with Gasteiger partial charge in [0.25, 0.3) is 0 Å². The lowest BCUT2D eigenvalue weighted by atomic mass is 9.91. The van der Waals surface area contributed by atoms with E-state index >= 15 is 0 Å². The lowest BCUT2D eigenvalue weighted by molar-refractivity contribution is -0.134. The Balaban J connectivity index is 2.71. The Morgan fingerprint density at radius 1 is 1.47 bits per heavy atom. The van der Waals surface area contributed by atoms with E-state index in [-0.39, 0.29) is 11.9 Å². The molecule has 0 aromatic carbocycles. The van der Waals surface area contributed by atoms with Gasteiger partial charge in [-0.05, 0) is 39.2 Å². The minimum absolute atomic E-state index is 0.221. The summed E-state index contributed by atoms with van der Waals surface area (Å²) in [4.78, 5) is 13.8. The molecule has 1 atom stereocenters. The fourth-order valence-electron chi connectivity index (χ4n) is 1.85. The molecule has 0 aliphatic heterocycles. The Kier molecular flexibility index (Phi) is 4.94. The number of carbonyl (C=O) groups excluding carboxylic acids is 1. The van der Waals surface area contributed by atoms with Gasteiger partial charge in [0.1, 0.15) is 5.25 Å². The summed E-state index contributed by atoms with van der Waals surface area (Å²) in [6, 6.07) is 0.221. The van der Waals surface area contributed by atoms with Crippen LogP contribution in [0.15, 0.2) is 0 Å². The van der Waals surface area contributed by atoms with Crippen molar-refractivity contribution < 1.29 is 13.2 Å². The second-order valence-corrected chi connectivity index (χ2v) is 7.10. The molecule has 0 radical (unpaired) electrons. The van der Waals surface area contributed by atoms with Crippen molar-refractivity contribution in [2.45, 2.75) is 43.9 Å². The molecule has 1 fully saturated rings. The lowest BCUT2D eigenvalue weighted by Gasteiger charge is -2.38. The monoisotopic (exact) mass is 262 g/mol. The van der Waals surface area contributed by atoms with E-state index in [0.717, 1.165) is 31.9 Å². The minimum atomic E-state index is -3.31. The van der Waals surface area contributed by atoms with E-state index in [1.165, 1.54) is 6.92 Å². The highest BCUT2D eigenvalue weighted by atomic mass is 32.2. The Bertz CT molecular complexity index is 363. The summed E-state index contributed by atoms with van der Waals surface area (Å²) >= 11 is 0. The Morgan fingerprint density at radius 2 is 2.06 bits per heavy atom. The fraction of sp³-hybridized carbons (Fsp3) is 0.909. The first-order valence-corrected chi connectivity index (χ1v) is 8.02. The van der Waals surface area contributed by atoms with E-state index in [4.69, 9.17) is 5.73 Å². The molecule has 0 aromatic rings. The number of hydrogen-bond acceptors (Lipinski definition) is 4. The SMILES string of the molecule is CC(C(=O)N(CCCN)C1CCC1)S(C)(=O)=O. The first-order chi connectivity index (χ1) is 7.88. The predicted molar refractivity (Wildman–Crippen MR) is 67.3 cm³/mol. The fourth-order valence-corrected chi connectivity index (χ4v) is 2.35. The van der Waals surface area contributed by atoms with Crippen LogP contribution in [0, 0.1) is 0 Å². The van der Waals surface area contributed by atoms with Gasteiger partial charge in [-0.3, -0.25) is 4.79 Å². The third kappa shape index (κ3) is 3.67. The molecule has 5 nitrogen and oxygen atoms in total. The second-order valence-electron chi connectivity index (χ2n) is 4.73. The molecule has 2 N–H and O–H groups in total. The number of rotatable bonds is 6. The van der Waals surface area contributed by atoms with Gasteiger partial charge in [0.05, 0.1) is 0 Å². The average Bonchev–Trinajstić information content (AvgIpc) is 2.17. The molecule has 0 spiro atoms. The molecule has 100 valence electrons. The van der Waals surface area contributed by atoms with E-state index in [1.54, 1.807) is 4.90 Å². The quantitative estimate of drug-likeness (QED) is 0.739. The summed E-state index contributed by atoms with van der Waals surface area (Å²) in [6.07, 6.45) is 4.90. The van der Waals surface area contributed by atoms with Crippen LogP contribution in [0.1, 0.15) is 32.6 Å². The van der Waals surface area contributed by atoms with Crippen LogP contribution in [0.4, 0.5) is 0 Å². The Hall–Kier alpha value is -0.620. The van der Waals surface area contributed by atoms with E-state index < -0.39 is 15.1 Å². The van der Waals surface area contributed by atoms with E-state index in [0.29, 0.717) is 13.1 Å². The standard InChI is InChI=1S/C11H22N2O3S/c1-9(17(2,15)16)11(14)13(8-4-7-12)10-5-3-6-10/h9-10H,3-8,12H2,1-2H3. The number of nitrogens with two attached hydrogens (primary N) is 1. The van der Waals surface area contributed by atoms with Crippen molar-refractivity contribution in [3.8, 4) is 0 Å². The first kappa shape index (κ1) is 14.4. The van der Waals surface area contributed by atoms with Crippen molar-refractivity contribution in [1.29, 1.82) is 0 Å².